The van der Waals surface area contributed by atoms with Crippen molar-refractivity contribution in [1.29, 1.82) is 0 Å². The van der Waals surface area contributed by atoms with Gasteiger partial charge >= 0.3 is 0 Å². The summed E-state index contributed by atoms with van der Waals surface area (Å²) in [5.74, 6) is -0.762. The van der Waals surface area contributed by atoms with E-state index in [9.17, 15) is 12.8 Å². The molecule has 0 atom stereocenters. The summed E-state index contributed by atoms with van der Waals surface area (Å²) in [4.78, 5) is -0.265. The fourth-order valence-corrected chi connectivity index (χ4v) is 3.12. The van der Waals surface area contributed by atoms with Gasteiger partial charge in [-0.1, -0.05) is 6.07 Å². The Balaban J connectivity index is 2.23. The fourth-order valence-electron chi connectivity index (χ4n) is 1.72. The first-order valence-corrected chi connectivity index (χ1v) is 6.63. The van der Waals surface area contributed by atoms with E-state index in [0.29, 0.717) is 12.8 Å². The number of hydrogen-bond donors (Lipinski definition) is 3. The van der Waals surface area contributed by atoms with Crippen molar-refractivity contribution in [3.8, 4) is 0 Å². The lowest BCUT2D eigenvalue weighted by Gasteiger charge is -2.31. The lowest BCUT2D eigenvalue weighted by molar-refractivity contribution is 0.0712. The highest BCUT2D eigenvalue weighted by molar-refractivity contribution is 7.89. The Morgan fingerprint density at radius 2 is 2.06 bits per heavy atom. The molecule has 4 N–H and O–H groups in total. The average Bonchev–Trinajstić information content (AvgIpc) is 2.19. The Kier molecular flexibility index (Phi) is 3.07. The molecule has 1 fully saturated rings. The van der Waals surface area contributed by atoms with Crippen LogP contribution in [0, 0.1) is 5.82 Å². The first kappa shape index (κ1) is 12.3. The molecule has 5 nitrogen and oxygen atoms in total. The third-order valence-electron chi connectivity index (χ3n) is 2.74. The number of nitrogens with two attached hydrogens (primary N) is 1. The van der Waals surface area contributed by atoms with E-state index < -0.39 is 21.9 Å². The van der Waals surface area contributed by atoms with Crippen LogP contribution in [0.5, 0.6) is 0 Å². The third kappa shape index (κ3) is 2.41. The number of nitrogens with one attached hydrogen (secondary N) is 1. The molecule has 0 amide bonds. The summed E-state index contributed by atoms with van der Waals surface area (Å²) < 4.78 is 39.3. The van der Waals surface area contributed by atoms with Crippen molar-refractivity contribution >= 4 is 15.7 Å². The van der Waals surface area contributed by atoms with Crippen LogP contribution in [0.1, 0.15) is 12.8 Å². The minimum absolute atomic E-state index is 0.265. The highest BCUT2D eigenvalue weighted by atomic mass is 32.2. The van der Waals surface area contributed by atoms with Crippen molar-refractivity contribution in [3.05, 3.63) is 24.0 Å². The number of rotatable bonds is 3. The average molecular weight is 260 g/mol. The molecular formula is C10H13FN2O3S. The van der Waals surface area contributed by atoms with Gasteiger partial charge in [0.05, 0.1) is 11.8 Å². The minimum atomic E-state index is -3.82. The highest BCUT2D eigenvalue weighted by Crippen LogP contribution is 2.25. The van der Waals surface area contributed by atoms with Gasteiger partial charge in [0, 0.05) is 6.04 Å². The van der Waals surface area contributed by atoms with E-state index >= 15 is 0 Å². The molecule has 0 spiro atoms. The van der Waals surface area contributed by atoms with Gasteiger partial charge in [0.25, 0.3) is 0 Å². The van der Waals surface area contributed by atoms with E-state index in [1.165, 1.54) is 12.1 Å². The number of hydrogen-bond acceptors (Lipinski definition) is 4. The summed E-state index contributed by atoms with van der Waals surface area (Å²) in [5.41, 5.74) is 5.00. The summed E-state index contributed by atoms with van der Waals surface area (Å²) in [7, 11) is -3.82. The second kappa shape index (κ2) is 4.25. The standard InChI is InChI=1S/C10H13FN2O3S/c11-8-2-1-3-9(10(8)12)17(15,16)13-6-4-7(14)5-6/h1-3,6-7,13-14H,4-5,12H2. The van der Waals surface area contributed by atoms with E-state index in [2.05, 4.69) is 4.72 Å². The van der Waals surface area contributed by atoms with Crippen LogP contribution in [0.15, 0.2) is 23.1 Å². The molecule has 0 aromatic heterocycles. The van der Waals surface area contributed by atoms with Crippen LogP contribution in [0.2, 0.25) is 0 Å². The number of halogens is 1. The summed E-state index contributed by atoms with van der Waals surface area (Å²) in [5, 5.41) is 9.06. The van der Waals surface area contributed by atoms with Gasteiger partial charge in [-0.25, -0.2) is 17.5 Å². The normalized spacial score (nSPS) is 24.4. The lowest BCUT2D eigenvalue weighted by atomic mass is 9.91. The largest absolute Gasteiger partial charge is 0.395 e. The van der Waals surface area contributed by atoms with E-state index in [4.69, 9.17) is 10.8 Å². The van der Waals surface area contributed by atoms with Gasteiger partial charge in [-0.05, 0) is 25.0 Å². The molecule has 2 rings (SSSR count). The topological polar surface area (TPSA) is 92.4 Å². The van der Waals surface area contributed by atoms with Crippen LogP contribution in [0.25, 0.3) is 0 Å². The number of aliphatic hydroxyl groups excluding tert-OH is 1. The fraction of sp³-hybridized carbons (Fsp3) is 0.400. The van der Waals surface area contributed by atoms with Crippen LogP contribution in [-0.2, 0) is 10.0 Å². The minimum Gasteiger partial charge on any atom is -0.395 e. The summed E-state index contributed by atoms with van der Waals surface area (Å²) >= 11 is 0. The molecule has 0 radical (unpaired) electrons. The maximum atomic E-state index is 13.1. The lowest BCUT2D eigenvalue weighted by Crippen LogP contribution is -2.46. The Morgan fingerprint density at radius 3 is 2.65 bits per heavy atom. The van der Waals surface area contributed by atoms with Gasteiger partial charge in [0.1, 0.15) is 10.7 Å². The Hall–Kier alpha value is -1.18. The van der Waals surface area contributed by atoms with E-state index in [-0.39, 0.29) is 16.6 Å². The molecular weight excluding hydrogens is 247 g/mol. The molecule has 0 heterocycles. The molecule has 0 bridgehead atoms. The predicted octanol–water partition coefficient (Wildman–Crippen LogP) is 0.210. The zero-order chi connectivity index (χ0) is 12.6. The predicted molar refractivity (Wildman–Crippen MR) is 60.2 cm³/mol. The monoisotopic (exact) mass is 260 g/mol. The maximum absolute atomic E-state index is 13.1. The second-order valence-electron chi connectivity index (χ2n) is 4.10. The van der Waals surface area contributed by atoms with E-state index in [1.54, 1.807) is 0 Å². The van der Waals surface area contributed by atoms with Crippen molar-refractivity contribution < 1.29 is 17.9 Å². The number of nitrogen functional groups attached to an aromatic ring is 1. The van der Waals surface area contributed by atoms with Crippen molar-refractivity contribution in [2.75, 3.05) is 5.73 Å². The van der Waals surface area contributed by atoms with Crippen LogP contribution in [-0.4, -0.2) is 25.7 Å². The second-order valence-corrected chi connectivity index (χ2v) is 5.78. The molecule has 17 heavy (non-hydrogen) atoms. The molecule has 1 aromatic carbocycles. The molecule has 1 aliphatic rings. The molecule has 0 aliphatic heterocycles. The summed E-state index contributed by atoms with van der Waals surface area (Å²) in [6.45, 7) is 0. The molecule has 94 valence electrons. The Labute approximate surface area is 98.5 Å². The van der Waals surface area contributed by atoms with Crippen LogP contribution in [0.3, 0.4) is 0 Å². The third-order valence-corrected chi connectivity index (χ3v) is 4.32. The molecule has 1 saturated carbocycles. The molecule has 1 aliphatic carbocycles. The molecule has 0 unspecified atom stereocenters. The SMILES string of the molecule is Nc1c(F)cccc1S(=O)(=O)NC1CC(O)C1. The van der Waals surface area contributed by atoms with Crippen molar-refractivity contribution in [2.24, 2.45) is 0 Å². The van der Waals surface area contributed by atoms with Crippen LogP contribution in [0.4, 0.5) is 10.1 Å². The van der Waals surface area contributed by atoms with Gasteiger partial charge in [-0.3, -0.25) is 0 Å². The molecule has 7 heteroatoms. The van der Waals surface area contributed by atoms with Crippen LogP contribution >= 0.6 is 0 Å². The number of para-hydroxylation sites is 1. The van der Waals surface area contributed by atoms with Crippen LogP contribution < -0.4 is 10.5 Å². The van der Waals surface area contributed by atoms with Gasteiger partial charge in [0.15, 0.2) is 0 Å². The zero-order valence-electron chi connectivity index (χ0n) is 8.93. The first-order valence-electron chi connectivity index (χ1n) is 5.14. The molecule has 0 saturated heterocycles. The van der Waals surface area contributed by atoms with Crippen molar-refractivity contribution in [2.45, 2.75) is 29.9 Å². The smallest absolute Gasteiger partial charge is 0.242 e. The summed E-state index contributed by atoms with van der Waals surface area (Å²) in [6, 6.07) is 3.32. The number of anilines is 1. The van der Waals surface area contributed by atoms with Gasteiger partial charge in [-0.2, -0.15) is 0 Å². The van der Waals surface area contributed by atoms with Gasteiger partial charge in [0.2, 0.25) is 10.0 Å². The number of aliphatic hydroxyl groups is 1. The summed E-state index contributed by atoms with van der Waals surface area (Å²) in [6.07, 6.45) is 0.274. The van der Waals surface area contributed by atoms with Gasteiger partial charge < -0.3 is 10.8 Å². The Bertz CT molecular complexity index is 526. The number of benzene rings is 1. The van der Waals surface area contributed by atoms with E-state index in [1.807, 2.05) is 0 Å². The number of sulfonamides is 1. The van der Waals surface area contributed by atoms with Crippen molar-refractivity contribution in [3.63, 3.8) is 0 Å². The quantitative estimate of drug-likeness (QED) is 0.677. The van der Waals surface area contributed by atoms with Crippen molar-refractivity contribution in [1.82, 2.24) is 4.72 Å². The highest BCUT2D eigenvalue weighted by Gasteiger charge is 2.32. The Morgan fingerprint density at radius 1 is 1.41 bits per heavy atom. The zero-order valence-corrected chi connectivity index (χ0v) is 9.74. The van der Waals surface area contributed by atoms with Gasteiger partial charge in [-0.15, -0.1) is 0 Å². The molecule has 1 aromatic rings. The first-order chi connectivity index (χ1) is 7.90. The van der Waals surface area contributed by atoms with E-state index in [0.717, 1.165) is 6.07 Å². The maximum Gasteiger partial charge on any atom is 0.242 e.